The van der Waals surface area contributed by atoms with Gasteiger partial charge in [-0.05, 0) is 43.3 Å². The van der Waals surface area contributed by atoms with E-state index in [4.69, 9.17) is 10.7 Å². The maximum Gasteiger partial charge on any atom is 0.274 e. The van der Waals surface area contributed by atoms with Gasteiger partial charge in [-0.1, -0.05) is 36.1 Å². The molecule has 11 heteroatoms. The first-order chi connectivity index (χ1) is 19.4. The Labute approximate surface area is 227 Å². The molecule has 0 aliphatic heterocycles. The fourth-order valence-electron chi connectivity index (χ4n) is 4.54. The van der Waals surface area contributed by atoms with E-state index in [1.807, 2.05) is 37.4 Å². The minimum Gasteiger partial charge on any atom is -0.382 e. The monoisotopic (exact) mass is 529 g/mol. The molecule has 196 valence electrons. The van der Waals surface area contributed by atoms with Crippen LogP contribution in [0.3, 0.4) is 0 Å². The number of aromatic nitrogens is 7. The van der Waals surface area contributed by atoms with Crippen LogP contribution in [0.15, 0.2) is 84.0 Å². The molecule has 0 aliphatic rings. The van der Waals surface area contributed by atoms with Gasteiger partial charge in [-0.15, -0.1) is 0 Å². The van der Waals surface area contributed by atoms with Gasteiger partial charge in [0.05, 0.1) is 34.4 Å². The second kappa shape index (κ2) is 9.85. The average Bonchev–Trinajstić information content (AvgIpc) is 3.53. The number of imidazole rings is 1. The third-order valence-corrected chi connectivity index (χ3v) is 6.35. The highest BCUT2D eigenvalue weighted by atomic mass is 16.2. The first-order valence-electron chi connectivity index (χ1n) is 12.4. The molecule has 1 amide bonds. The van der Waals surface area contributed by atoms with Crippen molar-refractivity contribution in [3.8, 4) is 17.5 Å². The van der Waals surface area contributed by atoms with E-state index in [0.29, 0.717) is 33.6 Å². The Hall–Kier alpha value is -5.76. The van der Waals surface area contributed by atoms with Crippen molar-refractivity contribution in [2.45, 2.75) is 13.0 Å². The van der Waals surface area contributed by atoms with Gasteiger partial charge in [-0.2, -0.15) is 10.2 Å². The molecule has 6 rings (SSSR count). The molecule has 40 heavy (non-hydrogen) atoms. The number of carbonyl (C=O) groups is 1. The van der Waals surface area contributed by atoms with Crippen molar-refractivity contribution in [1.82, 2.24) is 39.2 Å². The number of para-hydroxylation sites is 1. The van der Waals surface area contributed by atoms with Crippen LogP contribution in [0.4, 0.5) is 5.82 Å². The van der Waals surface area contributed by atoms with Crippen LogP contribution in [0.2, 0.25) is 0 Å². The summed E-state index contributed by atoms with van der Waals surface area (Å²) >= 11 is 0. The lowest BCUT2D eigenvalue weighted by Gasteiger charge is -2.20. The summed E-state index contributed by atoms with van der Waals surface area (Å²) in [6.07, 6.45) is 5.00. The summed E-state index contributed by atoms with van der Waals surface area (Å²) in [6, 6.07) is 17.2. The Morgan fingerprint density at radius 1 is 1.00 bits per heavy atom. The maximum atomic E-state index is 14.1. The SMILES string of the molecule is C[C@@H](NC(=O)c1c(N)nc2cccnn12)c1nc2cccc(C#Cc3cnn(C)c3)c2c(=O)n1-c1ccccc1. The van der Waals surface area contributed by atoms with Crippen LogP contribution >= 0.6 is 0 Å². The van der Waals surface area contributed by atoms with Gasteiger partial charge in [0.2, 0.25) is 0 Å². The van der Waals surface area contributed by atoms with Crippen LogP contribution in [-0.2, 0) is 7.05 Å². The lowest BCUT2D eigenvalue weighted by molar-refractivity contribution is 0.0931. The zero-order valence-electron chi connectivity index (χ0n) is 21.6. The van der Waals surface area contributed by atoms with E-state index in [-0.39, 0.29) is 17.1 Å². The molecule has 0 fully saturated rings. The van der Waals surface area contributed by atoms with Gasteiger partial charge in [-0.25, -0.2) is 14.5 Å². The quantitative estimate of drug-likeness (QED) is 0.335. The van der Waals surface area contributed by atoms with Crippen LogP contribution in [0, 0.1) is 11.8 Å². The topological polar surface area (TPSA) is 138 Å². The number of nitrogens with two attached hydrogens (primary N) is 1. The summed E-state index contributed by atoms with van der Waals surface area (Å²) in [5.41, 5.74) is 8.62. The molecule has 2 aromatic carbocycles. The predicted molar refractivity (Wildman–Crippen MR) is 150 cm³/mol. The summed E-state index contributed by atoms with van der Waals surface area (Å²) < 4.78 is 4.54. The fourth-order valence-corrected chi connectivity index (χ4v) is 4.54. The number of nitrogens with zero attached hydrogens (tertiary/aromatic N) is 7. The number of hydrogen-bond donors (Lipinski definition) is 2. The van der Waals surface area contributed by atoms with E-state index in [0.717, 1.165) is 5.56 Å². The molecule has 0 aliphatic carbocycles. The van der Waals surface area contributed by atoms with Crippen LogP contribution in [0.25, 0.3) is 22.2 Å². The highest BCUT2D eigenvalue weighted by Gasteiger charge is 2.24. The first-order valence-corrected chi connectivity index (χ1v) is 12.4. The van der Waals surface area contributed by atoms with E-state index >= 15 is 0 Å². The zero-order valence-corrected chi connectivity index (χ0v) is 21.6. The Morgan fingerprint density at radius 3 is 2.60 bits per heavy atom. The van der Waals surface area contributed by atoms with Crippen LogP contribution in [0.5, 0.6) is 0 Å². The van der Waals surface area contributed by atoms with Gasteiger partial charge in [0.25, 0.3) is 11.5 Å². The van der Waals surface area contributed by atoms with Crippen molar-refractivity contribution in [2.75, 3.05) is 5.73 Å². The van der Waals surface area contributed by atoms with Crippen molar-refractivity contribution in [3.63, 3.8) is 0 Å². The van der Waals surface area contributed by atoms with E-state index in [9.17, 15) is 9.59 Å². The van der Waals surface area contributed by atoms with Gasteiger partial charge in [0.15, 0.2) is 17.2 Å². The van der Waals surface area contributed by atoms with Crippen molar-refractivity contribution in [3.05, 3.63) is 112 Å². The number of rotatable bonds is 4. The number of benzene rings is 2. The highest BCUT2D eigenvalue weighted by molar-refractivity contribution is 5.98. The minimum atomic E-state index is -0.691. The smallest absolute Gasteiger partial charge is 0.274 e. The Kier molecular flexibility index (Phi) is 6.05. The van der Waals surface area contributed by atoms with Crippen molar-refractivity contribution in [1.29, 1.82) is 0 Å². The standard InChI is InChI=1S/C29H23N9O2/c1-18(33-28(39)25-26(30)35-23-12-7-15-31-38(23)25)27-34-22-11-6-8-20(14-13-19-16-32-36(2)17-19)24(22)29(40)37(27)21-9-4-3-5-10-21/h3-12,15-18H,30H2,1-2H3,(H,33,39)/t18-/m1/s1. The molecule has 4 heterocycles. The van der Waals surface area contributed by atoms with Crippen molar-refractivity contribution >= 4 is 28.3 Å². The van der Waals surface area contributed by atoms with Crippen LogP contribution in [0.1, 0.15) is 40.4 Å². The van der Waals surface area contributed by atoms with Crippen molar-refractivity contribution < 1.29 is 4.79 Å². The van der Waals surface area contributed by atoms with E-state index in [2.05, 4.69) is 32.3 Å². The molecule has 3 N–H and O–H groups in total. The number of fused-ring (bicyclic) bond motifs is 2. The third-order valence-electron chi connectivity index (χ3n) is 6.35. The maximum absolute atomic E-state index is 14.1. The predicted octanol–water partition coefficient (Wildman–Crippen LogP) is 2.63. The number of carbonyl (C=O) groups excluding carboxylic acids is 1. The van der Waals surface area contributed by atoms with Gasteiger partial charge < -0.3 is 11.1 Å². The van der Waals surface area contributed by atoms with E-state index < -0.39 is 11.9 Å². The highest BCUT2D eigenvalue weighted by Crippen LogP contribution is 2.21. The Bertz CT molecular complexity index is 2030. The number of nitrogens with one attached hydrogen (secondary N) is 1. The number of anilines is 1. The second-order valence-electron chi connectivity index (χ2n) is 9.13. The number of aryl methyl sites for hydroxylation is 1. The summed E-state index contributed by atoms with van der Waals surface area (Å²) in [5, 5.41) is 11.6. The number of hydrogen-bond acceptors (Lipinski definition) is 7. The molecular weight excluding hydrogens is 506 g/mol. The molecule has 1 atom stereocenters. The lowest BCUT2D eigenvalue weighted by atomic mass is 10.1. The lowest BCUT2D eigenvalue weighted by Crippen LogP contribution is -2.34. The van der Waals surface area contributed by atoms with Gasteiger partial charge >= 0.3 is 0 Å². The van der Waals surface area contributed by atoms with Crippen LogP contribution in [-0.4, -0.2) is 39.8 Å². The molecule has 11 nitrogen and oxygen atoms in total. The summed E-state index contributed by atoms with van der Waals surface area (Å²) in [6.45, 7) is 1.75. The molecule has 6 aromatic rings. The molecule has 0 spiro atoms. The fraction of sp³-hybridized carbons (Fsp3) is 0.103. The van der Waals surface area contributed by atoms with Gasteiger partial charge in [0.1, 0.15) is 5.82 Å². The minimum absolute atomic E-state index is 0.0483. The van der Waals surface area contributed by atoms with Gasteiger partial charge in [0, 0.05) is 25.0 Å². The average molecular weight is 530 g/mol. The molecule has 0 unspecified atom stereocenters. The zero-order chi connectivity index (χ0) is 27.8. The summed E-state index contributed by atoms with van der Waals surface area (Å²) in [5.74, 6) is 6.06. The largest absolute Gasteiger partial charge is 0.382 e. The molecule has 0 radical (unpaired) electrons. The van der Waals surface area contributed by atoms with Crippen LogP contribution < -0.4 is 16.6 Å². The van der Waals surface area contributed by atoms with Gasteiger partial charge in [-0.3, -0.25) is 18.8 Å². The molecule has 4 aromatic heterocycles. The summed E-state index contributed by atoms with van der Waals surface area (Å²) in [4.78, 5) is 36.5. The molecule has 0 bridgehead atoms. The normalized spacial score (nSPS) is 11.8. The number of nitrogen functional groups attached to an aromatic ring is 1. The summed E-state index contributed by atoms with van der Waals surface area (Å²) in [7, 11) is 1.81. The second-order valence-corrected chi connectivity index (χ2v) is 9.13. The molecule has 0 saturated heterocycles. The number of amides is 1. The molecular formula is C29H23N9O2. The first kappa shape index (κ1) is 24.6. The van der Waals surface area contributed by atoms with E-state index in [1.54, 1.807) is 60.5 Å². The Balaban J connectivity index is 1.48. The third kappa shape index (κ3) is 4.33. The van der Waals surface area contributed by atoms with E-state index in [1.165, 1.54) is 9.08 Å². The molecule has 0 saturated carbocycles. The van der Waals surface area contributed by atoms with Crippen molar-refractivity contribution in [2.24, 2.45) is 7.05 Å². The Morgan fingerprint density at radius 2 is 1.82 bits per heavy atom.